The zero-order valence-corrected chi connectivity index (χ0v) is 9.67. The molecule has 0 radical (unpaired) electrons. The number of rotatable bonds is 3. The topological polar surface area (TPSA) is 98.7 Å². The molecule has 0 aromatic heterocycles. The molecule has 0 bridgehead atoms. The maximum Gasteiger partial charge on any atom is 0.272 e. The average molecular weight is 251 g/mol. The number of benzene rings is 1. The monoisotopic (exact) mass is 251 g/mol. The summed E-state index contributed by atoms with van der Waals surface area (Å²) in [6, 6.07) is 4.20. The number of carbonyl (C=O) groups is 1. The molecule has 18 heavy (non-hydrogen) atoms. The number of nitrogens with zero attached hydrogens (tertiary/aromatic N) is 2. The van der Waals surface area contributed by atoms with Gasteiger partial charge >= 0.3 is 0 Å². The van der Waals surface area contributed by atoms with Crippen LogP contribution in [0.2, 0.25) is 0 Å². The standard InChI is InChI=1S/C11H13N3O4/c12-11(15)8-5-9(7-10(6-8)14(16)17)13-1-3-18-4-2-13/h5-7H,1-4H2,(H2,12,15). The number of non-ortho nitro benzene ring substituents is 1. The molecular formula is C11H13N3O4. The molecule has 1 fully saturated rings. The first-order valence-electron chi connectivity index (χ1n) is 5.50. The number of hydrogen-bond acceptors (Lipinski definition) is 5. The molecule has 1 aliphatic heterocycles. The second kappa shape index (κ2) is 5.01. The molecule has 1 amide bonds. The van der Waals surface area contributed by atoms with E-state index in [2.05, 4.69) is 0 Å². The fourth-order valence-electron chi connectivity index (χ4n) is 1.85. The summed E-state index contributed by atoms with van der Waals surface area (Å²) < 4.78 is 5.21. The van der Waals surface area contributed by atoms with Crippen LogP contribution in [0.25, 0.3) is 0 Å². The summed E-state index contributed by atoms with van der Waals surface area (Å²) in [5, 5.41) is 10.8. The normalized spacial score (nSPS) is 15.4. The van der Waals surface area contributed by atoms with Gasteiger partial charge in [-0.25, -0.2) is 0 Å². The lowest BCUT2D eigenvalue weighted by molar-refractivity contribution is -0.384. The summed E-state index contributed by atoms with van der Waals surface area (Å²) in [4.78, 5) is 23.4. The molecule has 1 heterocycles. The highest BCUT2D eigenvalue weighted by atomic mass is 16.6. The first-order valence-corrected chi connectivity index (χ1v) is 5.50. The Balaban J connectivity index is 2.38. The van der Waals surface area contributed by atoms with Gasteiger partial charge in [0.15, 0.2) is 0 Å². The fraction of sp³-hybridized carbons (Fsp3) is 0.364. The summed E-state index contributed by atoms with van der Waals surface area (Å²) in [6.45, 7) is 2.40. The van der Waals surface area contributed by atoms with Gasteiger partial charge in [0.2, 0.25) is 5.91 Å². The second-order valence-corrected chi connectivity index (χ2v) is 3.96. The van der Waals surface area contributed by atoms with Crippen LogP contribution in [-0.2, 0) is 4.74 Å². The number of nitro benzene ring substituents is 1. The van der Waals surface area contributed by atoms with Crippen molar-refractivity contribution in [1.82, 2.24) is 0 Å². The molecule has 0 atom stereocenters. The van der Waals surface area contributed by atoms with Gasteiger partial charge in [0.25, 0.3) is 5.69 Å². The summed E-state index contributed by atoms with van der Waals surface area (Å²) >= 11 is 0. The van der Waals surface area contributed by atoms with Gasteiger partial charge in [-0.05, 0) is 6.07 Å². The highest BCUT2D eigenvalue weighted by Gasteiger charge is 2.18. The molecular weight excluding hydrogens is 238 g/mol. The van der Waals surface area contributed by atoms with Crippen LogP contribution in [0.5, 0.6) is 0 Å². The predicted octanol–water partition coefficient (Wildman–Crippen LogP) is 0.530. The van der Waals surface area contributed by atoms with E-state index in [1.165, 1.54) is 12.1 Å². The first kappa shape index (κ1) is 12.3. The number of nitro groups is 1. The molecule has 1 aliphatic rings. The van der Waals surface area contributed by atoms with E-state index in [-0.39, 0.29) is 11.3 Å². The molecule has 2 N–H and O–H groups in total. The Morgan fingerprint density at radius 1 is 1.33 bits per heavy atom. The summed E-state index contributed by atoms with van der Waals surface area (Å²) in [6.07, 6.45) is 0. The van der Waals surface area contributed by atoms with Crippen LogP contribution in [0, 0.1) is 10.1 Å². The van der Waals surface area contributed by atoms with E-state index in [1.807, 2.05) is 4.90 Å². The number of morpholine rings is 1. The zero-order valence-electron chi connectivity index (χ0n) is 9.67. The number of primary amides is 1. The Morgan fingerprint density at radius 3 is 2.56 bits per heavy atom. The Labute approximate surface area is 103 Å². The Hall–Kier alpha value is -2.15. The second-order valence-electron chi connectivity index (χ2n) is 3.96. The van der Waals surface area contributed by atoms with Crippen LogP contribution in [-0.4, -0.2) is 37.1 Å². The lowest BCUT2D eigenvalue weighted by atomic mass is 10.1. The third-order valence-corrected chi connectivity index (χ3v) is 2.77. The van der Waals surface area contributed by atoms with Gasteiger partial charge in [0.1, 0.15) is 0 Å². The van der Waals surface area contributed by atoms with E-state index in [4.69, 9.17) is 10.5 Å². The minimum absolute atomic E-state index is 0.132. The maximum absolute atomic E-state index is 11.2. The van der Waals surface area contributed by atoms with Crippen molar-refractivity contribution in [1.29, 1.82) is 0 Å². The van der Waals surface area contributed by atoms with Gasteiger partial charge in [-0.2, -0.15) is 0 Å². The number of hydrogen-bond donors (Lipinski definition) is 1. The van der Waals surface area contributed by atoms with E-state index < -0.39 is 10.8 Å². The van der Waals surface area contributed by atoms with Crippen molar-refractivity contribution >= 4 is 17.3 Å². The molecule has 1 aromatic rings. The van der Waals surface area contributed by atoms with Crippen molar-refractivity contribution in [2.75, 3.05) is 31.2 Å². The van der Waals surface area contributed by atoms with Crippen molar-refractivity contribution < 1.29 is 14.5 Å². The minimum atomic E-state index is -0.673. The van der Waals surface area contributed by atoms with Crippen LogP contribution in [0.4, 0.5) is 11.4 Å². The van der Waals surface area contributed by atoms with E-state index >= 15 is 0 Å². The minimum Gasteiger partial charge on any atom is -0.378 e. The highest BCUT2D eigenvalue weighted by molar-refractivity contribution is 5.94. The van der Waals surface area contributed by atoms with Crippen molar-refractivity contribution in [3.63, 3.8) is 0 Å². The lowest BCUT2D eigenvalue weighted by Gasteiger charge is -2.28. The van der Waals surface area contributed by atoms with E-state index in [0.29, 0.717) is 32.0 Å². The Bertz CT molecular complexity index is 451. The van der Waals surface area contributed by atoms with Gasteiger partial charge in [-0.1, -0.05) is 0 Å². The molecule has 7 heteroatoms. The van der Waals surface area contributed by atoms with Crippen molar-refractivity contribution in [2.24, 2.45) is 5.73 Å². The van der Waals surface area contributed by atoms with Gasteiger partial charge in [0, 0.05) is 36.5 Å². The fourth-order valence-corrected chi connectivity index (χ4v) is 1.85. The molecule has 0 aliphatic carbocycles. The van der Waals surface area contributed by atoms with E-state index in [9.17, 15) is 14.9 Å². The average Bonchev–Trinajstić information content (AvgIpc) is 2.39. The van der Waals surface area contributed by atoms with Crippen LogP contribution in [0.3, 0.4) is 0 Å². The van der Waals surface area contributed by atoms with Crippen LogP contribution in [0.1, 0.15) is 10.4 Å². The van der Waals surface area contributed by atoms with Crippen LogP contribution < -0.4 is 10.6 Å². The Kier molecular flexibility index (Phi) is 3.42. The Morgan fingerprint density at radius 2 is 2.00 bits per heavy atom. The SMILES string of the molecule is NC(=O)c1cc(N2CCOCC2)cc([N+](=O)[O-])c1. The highest BCUT2D eigenvalue weighted by Crippen LogP contribution is 2.24. The molecule has 0 spiro atoms. The van der Waals surface area contributed by atoms with Crippen LogP contribution >= 0.6 is 0 Å². The lowest BCUT2D eigenvalue weighted by Crippen LogP contribution is -2.36. The molecule has 96 valence electrons. The first-order chi connectivity index (χ1) is 8.58. The third-order valence-electron chi connectivity index (χ3n) is 2.77. The van der Waals surface area contributed by atoms with Gasteiger partial charge in [-0.3, -0.25) is 14.9 Å². The molecule has 2 rings (SSSR count). The van der Waals surface area contributed by atoms with Gasteiger partial charge in [0.05, 0.1) is 18.1 Å². The number of carbonyl (C=O) groups excluding carboxylic acids is 1. The molecule has 7 nitrogen and oxygen atoms in total. The predicted molar refractivity (Wildman–Crippen MR) is 64.6 cm³/mol. The van der Waals surface area contributed by atoms with Crippen molar-refractivity contribution in [3.8, 4) is 0 Å². The van der Waals surface area contributed by atoms with E-state index in [0.717, 1.165) is 0 Å². The van der Waals surface area contributed by atoms with Crippen molar-refractivity contribution in [2.45, 2.75) is 0 Å². The summed E-state index contributed by atoms with van der Waals surface area (Å²) in [5.41, 5.74) is 5.82. The molecule has 1 aromatic carbocycles. The van der Waals surface area contributed by atoms with Crippen LogP contribution in [0.15, 0.2) is 18.2 Å². The quantitative estimate of drug-likeness (QED) is 0.624. The smallest absolute Gasteiger partial charge is 0.272 e. The number of anilines is 1. The van der Waals surface area contributed by atoms with E-state index in [1.54, 1.807) is 6.07 Å². The van der Waals surface area contributed by atoms with Crippen molar-refractivity contribution in [3.05, 3.63) is 33.9 Å². The molecule has 0 unspecified atom stereocenters. The summed E-state index contributed by atoms with van der Waals surface area (Å²) in [7, 11) is 0. The maximum atomic E-state index is 11.2. The largest absolute Gasteiger partial charge is 0.378 e. The number of nitrogens with two attached hydrogens (primary N) is 1. The number of amides is 1. The zero-order chi connectivity index (χ0) is 13.1. The number of ether oxygens (including phenoxy) is 1. The molecule has 0 saturated carbocycles. The molecule has 1 saturated heterocycles. The van der Waals surface area contributed by atoms with Gasteiger partial charge < -0.3 is 15.4 Å². The third kappa shape index (κ3) is 2.57. The van der Waals surface area contributed by atoms with Gasteiger partial charge in [-0.15, -0.1) is 0 Å². The summed E-state index contributed by atoms with van der Waals surface area (Å²) in [5.74, 6) is -0.673.